The third-order valence-corrected chi connectivity index (χ3v) is 2.64. The van der Waals surface area contributed by atoms with E-state index in [2.05, 4.69) is 10.3 Å². The number of carboxylic acid groups (broad SMARTS) is 1. The first-order chi connectivity index (χ1) is 7.90. The predicted molar refractivity (Wildman–Crippen MR) is 65.1 cm³/mol. The Labute approximate surface area is 101 Å². The summed E-state index contributed by atoms with van der Waals surface area (Å²) in [5, 5.41) is 21.3. The van der Waals surface area contributed by atoms with E-state index in [1.54, 1.807) is 19.9 Å². The fourth-order valence-corrected chi connectivity index (χ4v) is 1.82. The Bertz CT molecular complexity index is 385. The van der Waals surface area contributed by atoms with Gasteiger partial charge in [0.05, 0.1) is 11.7 Å². The summed E-state index contributed by atoms with van der Waals surface area (Å²) in [5.41, 5.74) is 1.82. The van der Waals surface area contributed by atoms with Gasteiger partial charge >= 0.3 is 5.97 Å². The van der Waals surface area contributed by atoms with Crippen LogP contribution >= 0.6 is 0 Å². The van der Waals surface area contributed by atoms with Gasteiger partial charge in [-0.1, -0.05) is 0 Å². The third kappa shape index (κ3) is 4.20. The zero-order chi connectivity index (χ0) is 13.0. The highest BCUT2D eigenvalue weighted by molar-refractivity contribution is 5.89. The van der Waals surface area contributed by atoms with Gasteiger partial charge in [-0.15, -0.1) is 0 Å². The van der Waals surface area contributed by atoms with Crippen LogP contribution in [0.15, 0.2) is 6.07 Å². The Kier molecular flexibility index (Phi) is 4.72. The number of aromatic nitrogens is 1. The number of carboxylic acids is 1. The van der Waals surface area contributed by atoms with E-state index in [0.29, 0.717) is 24.2 Å². The lowest BCUT2D eigenvalue weighted by Gasteiger charge is -2.14. The van der Waals surface area contributed by atoms with Gasteiger partial charge in [-0.25, -0.2) is 4.79 Å². The van der Waals surface area contributed by atoms with Gasteiger partial charge in [0.2, 0.25) is 0 Å². The smallest absolute Gasteiger partial charge is 0.337 e. The summed E-state index contributed by atoms with van der Waals surface area (Å²) in [6.07, 6.45) is 0.336. The van der Waals surface area contributed by atoms with Crippen molar-refractivity contribution in [3.05, 3.63) is 23.0 Å². The topological polar surface area (TPSA) is 85.4 Å². The fraction of sp³-hybridized carbons (Fsp3) is 0.583. The van der Waals surface area contributed by atoms with Crippen LogP contribution in [-0.4, -0.2) is 33.3 Å². The second-order valence-electron chi connectivity index (χ2n) is 4.51. The molecule has 2 unspecified atom stereocenters. The average Bonchev–Trinajstić information content (AvgIpc) is 2.56. The largest absolute Gasteiger partial charge is 0.478 e. The number of aromatic carboxylic acids is 1. The van der Waals surface area contributed by atoms with Crippen LogP contribution in [0.25, 0.3) is 0 Å². The Morgan fingerprint density at radius 2 is 2.18 bits per heavy atom. The van der Waals surface area contributed by atoms with E-state index in [4.69, 9.17) is 5.11 Å². The number of aliphatic hydroxyl groups is 1. The zero-order valence-electron chi connectivity index (χ0n) is 10.4. The Hall–Kier alpha value is -1.33. The molecule has 0 saturated carbocycles. The molecular formula is C12H20N2O3. The van der Waals surface area contributed by atoms with E-state index < -0.39 is 5.97 Å². The first-order valence-corrected chi connectivity index (χ1v) is 5.73. The predicted octanol–water partition coefficient (Wildman–Crippen LogP) is 1.27. The molecular weight excluding hydrogens is 220 g/mol. The zero-order valence-corrected chi connectivity index (χ0v) is 10.4. The highest BCUT2D eigenvalue weighted by Gasteiger charge is 2.12. The lowest BCUT2D eigenvalue weighted by Crippen LogP contribution is -2.28. The van der Waals surface area contributed by atoms with Gasteiger partial charge in [-0.05, 0) is 33.3 Å². The molecule has 17 heavy (non-hydrogen) atoms. The monoisotopic (exact) mass is 240 g/mol. The van der Waals surface area contributed by atoms with Gasteiger partial charge in [-0.3, -0.25) is 0 Å². The highest BCUT2D eigenvalue weighted by Crippen LogP contribution is 2.10. The molecule has 0 aromatic carbocycles. The average molecular weight is 240 g/mol. The normalized spacial score (nSPS) is 14.6. The standard InChI is InChI=1S/C12H20N2O3/c1-7(4-8(2)15)13-6-10-5-11(12(16)17)9(3)14-10/h5,7-8,13-15H,4,6H2,1-3H3,(H,16,17). The third-order valence-electron chi connectivity index (χ3n) is 2.64. The van der Waals surface area contributed by atoms with Gasteiger partial charge in [0.25, 0.3) is 0 Å². The molecule has 1 heterocycles. The van der Waals surface area contributed by atoms with Crippen molar-refractivity contribution >= 4 is 5.97 Å². The molecule has 0 aliphatic rings. The summed E-state index contributed by atoms with van der Waals surface area (Å²) < 4.78 is 0. The van der Waals surface area contributed by atoms with Crippen molar-refractivity contribution in [1.82, 2.24) is 10.3 Å². The summed E-state index contributed by atoms with van der Waals surface area (Å²) in [5.74, 6) is -0.915. The molecule has 1 rings (SSSR count). The van der Waals surface area contributed by atoms with E-state index in [9.17, 15) is 9.90 Å². The van der Waals surface area contributed by atoms with Crippen LogP contribution in [0.1, 0.15) is 42.0 Å². The number of hydrogen-bond donors (Lipinski definition) is 4. The highest BCUT2D eigenvalue weighted by atomic mass is 16.4. The molecule has 0 spiro atoms. The second kappa shape index (κ2) is 5.84. The van der Waals surface area contributed by atoms with Crippen LogP contribution < -0.4 is 5.32 Å². The summed E-state index contributed by atoms with van der Waals surface area (Å²) in [4.78, 5) is 13.9. The Morgan fingerprint density at radius 3 is 2.65 bits per heavy atom. The van der Waals surface area contributed by atoms with Gasteiger partial charge in [0.1, 0.15) is 0 Å². The molecule has 5 nitrogen and oxygen atoms in total. The number of aliphatic hydroxyl groups excluding tert-OH is 1. The molecule has 2 atom stereocenters. The van der Waals surface area contributed by atoms with Crippen molar-refractivity contribution in [3.63, 3.8) is 0 Å². The van der Waals surface area contributed by atoms with Crippen LogP contribution in [0.3, 0.4) is 0 Å². The number of H-pyrrole nitrogens is 1. The maximum atomic E-state index is 10.8. The lowest BCUT2D eigenvalue weighted by molar-refractivity contribution is 0.0696. The molecule has 0 aliphatic heterocycles. The van der Waals surface area contributed by atoms with Crippen LogP contribution in [0, 0.1) is 6.92 Å². The Morgan fingerprint density at radius 1 is 1.53 bits per heavy atom. The summed E-state index contributed by atoms with van der Waals surface area (Å²) in [6.45, 7) is 6.05. The van der Waals surface area contributed by atoms with Crippen molar-refractivity contribution in [2.24, 2.45) is 0 Å². The van der Waals surface area contributed by atoms with E-state index in [0.717, 1.165) is 5.69 Å². The van der Waals surface area contributed by atoms with E-state index in [-0.39, 0.29) is 12.1 Å². The van der Waals surface area contributed by atoms with E-state index >= 15 is 0 Å². The minimum Gasteiger partial charge on any atom is -0.478 e. The van der Waals surface area contributed by atoms with Crippen molar-refractivity contribution in [1.29, 1.82) is 0 Å². The SMILES string of the molecule is Cc1[nH]c(CNC(C)CC(C)O)cc1C(=O)O. The van der Waals surface area contributed by atoms with E-state index in [1.165, 1.54) is 0 Å². The first kappa shape index (κ1) is 13.7. The number of hydrogen-bond acceptors (Lipinski definition) is 3. The molecule has 4 N–H and O–H groups in total. The van der Waals surface area contributed by atoms with Crippen LogP contribution in [0.4, 0.5) is 0 Å². The van der Waals surface area contributed by atoms with Gasteiger partial charge in [0.15, 0.2) is 0 Å². The van der Waals surface area contributed by atoms with E-state index in [1.807, 2.05) is 6.92 Å². The molecule has 5 heteroatoms. The molecule has 1 aromatic heterocycles. The summed E-state index contributed by atoms with van der Waals surface area (Å²) >= 11 is 0. The molecule has 0 saturated heterocycles. The molecule has 0 amide bonds. The minimum atomic E-state index is -0.915. The van der Waals surface area contributed by atoms with Crippen molar-refractivity contribution in [2.45, 2.75) is 45.9 Å². The van der Waals surface area contributed by atoms with Crippen LogP contribution in [0.2, 0.25) is 0 Å². The molecule has 96 valence electrons. The first-order valence-electron chi connectivity index (χ1n) is 5.73. The molecule has 0 bridgehead atoms. The number of aromatic amines is 1. The molecule has 0 aliphatic carbocycles. The number of aryl methyl sites for hydroxylation is 1. The van der Waals surface area contributed by atoms with Crippen LogP contribution in [-0.2, 0) is 6.54 Å². The quantitative estimate of drug-likeness (QED) is 0.603. The van der Waals surface area contributed by atoms with Gasteiger partial charge in [0, 0.05) is 24.0 Å². The maximum Gasteiger partial charge on any atom is 0.337 e. The van der Waals surface area contributed by atoms with Crippen molar-refractivity contribution in [3.8, 4) is 0 Å². The fourth-order valence-electron chi connectivity index (χ4n) is 1.82. The van der Waals surface area contributed by atoms with Crippen molar-refractivity contribution in [2.75, 3.05) is 0 Å². The lowest BCUT2D eigenvalue weighted by atomic mass is 10.1. The number of nitrogens with one attached hydrogen (secondary N) is 2. The summed E-state index contributed by atoms with van der Waals surface area (Å²) in [6, 6.07) is 1.83. The van der Waals surface area contributed by atoms with Gasteiger partial charge < -0.3 is 20.5 Å². The second-order valence-corrected chi connectivity index (χ2v) is 4.51. The van der Waals surface area contributed by atoms with Crippen LogP contribution in [0.5, 0.6) is 0 Å². The Balaban J connectivity index is 2.52. The number of carbonyl (C=O) groups is 1. The summed E-state index contributed by atoms with van der Waals surface area (Å²) in [7, 11) is 0. The number of rotatable bonds is 6. The minimum absolute atomic E-state index is 0.187. The van der Waals surface area contributed by atoms with Crippen molar-refractivity contribution < 1.29 is 15.0 Å². The molecule has 0 radical (unpaired) electrons. The maximum absolute atomic E-state index is 10.8. The molecule has 0 fully saturated rings. The molecule has 1 aromatic rings. The van der Waals surface area contributed by atoms with Gasteiger partial charge in [-0.2, -0.15) is 0 Å².